The van der Waals surface area contributed by atoms with Crippen LogP contribution < -0.4 is 15.5 Å². The second-order valence-corrected chi connectivity index (χ2v) is 7.34. The molecule has 2 atom stereocenters. The molecule has 0 radical (unpaired) electrons. The highest BCUT2D eigenvalue weighted by Gasteiger charge is 2.22. The van der Waals surface area contributed by atoms with Crippen molar-refractivity contribution in [1.29, 1.82) is 0 Å². The second kappa shape index (κ2) is 10.7. The molecule has 1 aliphatic rings. The van der Waals surface area contributed by atoms with Crippen molar-refractivity contribution in [3.05, 3.63) is 65.2 Å². The zero-order valence-corrected chi connectivity index (χ0v) is 17.1. The summed E-state index contributed by atoms with van der Waals surface area (Å²) < 4.78 is 0. The number of aliphatic carboxylic acids is 1. The van der Waals surface area contributed by atoms with E-state index in [0.717, 1.165) is 22.4 Å². The molecule has 1 amide bonds. The van der Waals surface area contributed by atoms with Crippen LogP contribution in [0.2, 0.25) is 0 Å². The van der Waals surface area contributed by atoms with Gasteiger partial charge in [-0.2, -0.15) is 0 Å². The number of nitrogens with zero attached hydrogens (tertiary/aromatic N) is 1. The average molecular weight is 425 g/mol. The molecule has 0 fully saturated rings. The highest BCUT2D eigenvalue weighted by molar-refractivity contribution is 5.82. The minimum atomic E-state index is -1.14. The summed E-state index contributed by atoms with van der Waals surface area (Å²) in [6.07, 6.45) is 2.72. The van der Waals surface area contributed by atoms with Crippen LogP contribution in [0.5, 0.6) is 0 Å². The largest absolute Gasteiger partial charge is 0.480 e. The fourth-order valence-corrected chi connectivity index (χ4v) is 3.46. The lowest BCUT2D eigenvalue weighted by Crippen LogP contribution is -2.42. The first kappa shape index (κ1) is 22.5. The van der Waals surface area contributed by atoms with Gasteiger partial charge in [0.05, 0.1) is 6.54 Å². The van der Waals surface area contributed by atoms with Crippen molar-refractivity contribution < 1.29 is 24.9 Å². The fourth-order valence-electron chi connectivity index (χ4n) is 3.46. The number of rotatable bonds is 9. The molecular weight excluding hydrogens is 398 g/mol. The molecule has 0 aliphatic carbocycles. The molecule has 0 bridgehead atoms. The van der Waals surface area contributed by atoms with Crippen molar-refractivity contribution in [3.63, 3.8) is 0 Å². The third-order valence-electron chi connectivity index (χ3n) is 5.08. The van der Waals surface area contributed by atoms with Crippen LogP contribution in [0.25, 0.3) is 12.2 Å². The van der Waals surface area contributed by atoms with Crippen LogP contribution in [-0.2, 0) is 16.1 Å². The number of para-hydroxylation sites is 1. The monoisotopic (exact) mass is 425 g/mol. The quantitative estimate of drug-likeness (QED) is 0.385. The summed E-state index contributed by atoms with van der Waals surface area (Å²) in [5.74, 6) is -1.66. The van der Waals surface area contributed by atoms with Crippen LogP contribution in [0.15, 0.2) is 48.5 Å². The van der Waals surface area contributed by atoms with Crippen LogP contribution in [0, 0.1) is 0 Å². The standard InChI is InChI=1S/C23H27N3O5/c27-20(24-13-21(28)25-14-23(30)31)11-12-22(29)26-15-18-7-2-1-5-16(18)9-10-17-6-3-4-8-19(17)26/h1-10,20,22,24,27,29H,11-15H2,(H,25,28)(H,30,31)/b10-9-/t20?,22-/m1/s1. The normalized spacial score (nSPS) is 15.6. The Bertz CT molecular complexity index is 946. The maximum Gasteiger partial charge on any atom is 0.322 e. The first-order valence-corrected chi connectivity index (χ1v) is 10.1. The summed E-state index contributed by atoms with van der Waals surface area (Å²) in [4.78, 5) is 23.9. The van der Waals surface area contributed by atoms with Gasteiger partial charge in [0.15, 0.2) is 0 Å². The van der Waals surface area contributed by atoms with Gasteiger partial charge in [0.2, 0.25) is 5.91 Å². The van der Waals surface area contributed by atoms with E-state index in [1.165, 1.54) is 0 Å². The minimum absolute atomic E-state index is 0.212. The zero-order chi connectivity index (χ0) is 22.2. The Labute approximate surface area is 180 Å². The number of amides is 1. The highest BCUT2D eigenvalue weighted by atomic mass is 16.4. The molecule has 1 unspecified atom stereocenters. The Hall–Kier alpha value is -3.20. The van der Waals surface area contributed by atoms with E-state index < -0.39 is 30.9 Å². The summed E-state index contributed by atoms with van der Waals surface area (Å²) in [7, 11) is 0. The molecule has 31 heavy (non-hydrogen) atoms. The maximum atomic E-state index is 11.6. The third kappa shape index (κ3) is 6.39. The van der Waals surface area contributed by atoms with E-state index in [4.69, 9.17) is 5.11 Å². The predicted molar refractivity (Wildman–Crippen MR) is 118 cm³/mol. The molecule has 5 N–H and O–H groups in total. The first-order valence-electron chi connectivity index (χ1n) is 10.1. The number of hydrogen-bond acceptors (Lipinski definition) is 6. The molecule has 0 saturated carbocycles. The van der Waals surface area contributed by atoms with Crippen LogP contribution in [0.4, 0.5) is 5.69 Å². The number of aliphatic hydroxyl groups excluding tert-OH is 2. The summed E-state index contributed by atoms with van der Waals surface area (Å²) in [5, 5.41) is 34.5. The number of nitrogens with one attached hydrogen (secondary N) is 2. The third-order valence-corrected chi connectivity index (χ3v) is 5.08. The summed E-state index contributed by atoms with van der Waals surface area (Å²) >= 11 is 0. The highest BCUT2D eigenvalue weighted by Crippen LogP contribution is 2.30. The Morgan fingerprint density at radius 1 is 0.935 bits per heavy atom. The smallest absolute Gasteiger partial charge is 0.322 e. The number of carboxylic acids is 1. The summed E-state index contributed by atoms with van der Waals surface area (Å²) in [6, 6.07) is 15.8. The van der Waals surface area contributed by atoms with Gasteiger partial charge in [0, 0.05) is 12.2 Å². The molecule has 2 aromatic rings. The van der Waals surface area contributed by atoms with Gasteiger partial charge in [-0.15, -0.1) is 0 Å². The summed E-state index contributed by atoms with van der Waals surface area (Å²) in [5.41, 5.74) is 4.06. The molecule has 8 heteroatoms. The fraction of sp³-hybridized carbons (Fsp3) is 0.304. The maximum absolute atomic E-state index is 11.6. The van der Waals surface area contributed by atoms with E-state index in [1.807, 2.05) is 59.5 Å². The van der Waals surface area contributed by atoms with Gasteiger partial charge >= 0.3 is 5.97 Å². The Balaban J connectivity index is 1.62. The molecule has 8 nitrogen and oxygen atoms in total. The Morgan fingerprint density at radius 3 is 2.39 bits per heavy atom. The van der Waals surface area contributed by atoms with Gasteiger partial charge in [0.1, 0.15) is 19.0 Å². The van der Waals surface area contributed by atoms with Crippen molar-refractivity contribution >= 4 is 29.7 Å². The molecule has 1 aliphatic heterocycles. The number of hydrogen-bond donors (Lipinski definition) is 5. The lowest BCUT2D eigenvalue weighted by molar-refractivity contribution is -0.137. The lowest BCUT2D eigenvalue weighted by Gasteiger charge is -2.33. The van der Waals surface area contributed by atoms with E-state index in [-0.39, 0.29) is 19.4 Å². The van der Waals surface area contributed by atoms with Crippen LogP contribution in [-0.4, -0.2) is 52.7 Å². The van der Waals surface area contributed by atoms with E-state index >= 15 is 0 Å². The SMILES string of the molecule is O=C(O)CNC(=O)CNC(O)CC[C@@H](O)N1Cc2ccccc2/C=C\c2ccccc21. The molecule has 0 aromatic heterocycles. The Kier molecular flexibility index (Phi) is 7.77. The van der Waals surface area contributed by atoms with Crippen molar-refractivity contribution in [3.8, 4) is 0 Å². The molecular formula is C23H27N3O5. The van der Waals surface area contributed by atoms with Gasteiger partial charge in [0.25, 0.3) is 0 Å². The van der Waals surface area contributed by atoms with Crippen LogP contribution in [0.3, 0.4) is 0 Å². The molecule has 0 spiro atoms. The number of benzene rings is 2. The molecule has 3 rings (SSSR count). The van der Waals surface area contributed by atoms with Gasteiger partial charge in [-0.1, -0.05) is 54.6 Å². The average Bonchev–Trinajstić information content (AvgIpc) is 2.76. The number of carboxylic acid groups (broad SMARTS) is 1. The topological polar surface area (TPSA) is 122 Å². The van der Waals surface area contributed by atoms with E-state index in [1.54, 1.807) is 0 Å². The van der Waals surface area contributed by atoms with Crippen LogP contribution >= 0.6 is 0 Å². The number of carbonyl (C=O) groups excluding carboxylic acids is 1. The number of anilines is 1. The molecule has 2 aromatic carbocycles. The molecule has 164 valence electrons. The van der Waals surface area contributed by atoms with E-state index in [0.29, 0.717) is 6.54 Å². The van der Waals surface area contributed by atoms with Gasteiger partial charge in [-0.3, -0.25) is 14.9 Å². The second-order valence-electron chi connectivity index (χ2n) is 7.34. The van der Waals surface area contributed by atoms with Crippen LogP contribution in [0.1, 0.15) is 29.5 Å². The molecule has 1 heterocycles. The van der Waals surface area contributed by atoms with Crippen molar-refractivity contribution in [2.75, 3.05) is 18.0 Å². The predicted octanol–water partition coefficient (Wildman–Crippen LogP) is 1.38. The van der Waals surface area contributed by atoms with E-state index in [2.05, 4.69) is 16.7 Å². The number of carbonyl (C=O) groups is 2. The van der Waals surface area contributed by atoms with Gasteiger partial charge in [-0.05, 0) is 35.6 Å². The van der Waals surface area contributed by atoms with E-state index in [9.17, 15) is 19.8 Å². The summed E-state index contributed by atoms with van der Waals surface area (Å²) in [6.45, 7) is -0.172. The van der Waals surface area contributed by atoms with Crippen molar-refractivity contribution in [2.45, 2.75) is 31.8 Å². The van der Waals surface area contributed by atoms with Gasteiger partial charge in [-0.25, -0.2) is 0 Å². The van der Waals surface area contributed by atoms with Gasteiger partial charge < -0.3 is 25.5 Å². The molecule has 0 saturated heterocycles. The Morgan fingerprint density at radius 2 is 1.61 bits per heavy atom. The number of fused-ring (bicyclic) bond motifs is 2. The first-order chi connectivity index (χ1) is 14.9. The lowest BCUT2D eigenvalue weighted by atomic mass is 10.0. The van der Waals surface area contributed by atoms with Crippen molar-refractivity contribution in [1.82, 2.24) is 10.6 Å². The van der Waals surface area contributed by atoms with Crippen molar-refractivity contribution in [2.24, 2.45) is 0 Å². The minimum Gasteiger partial charge on any atom is -0.480 e. The number of aliphatic hydroxyl groups is 2. The zero-order valence-electron chi connectivity index (χ0n) is 17.1.